The molecule has 4 nitrogen and oxygen atoms in total. The van der Waals surface area contributed by atoms with Gasteiger partial charge in [0, 0.05) is 26.2 Å². The molecular weight excluding hydrogens is 312 g/mol. The molecule has 1 N–H and O–H groups in total. The van der Waals surface area contributed by atoms with Gasteiger partial charge < -0.3 is 15.0 Å². The number of benzene rings is 2. The molecule has 0 unspecified atom stereocenters. The summed E-state index contributed by atoms with van der Waals surface area (Å²) in [6.07, 6.45) is 4.69. The fourth-order valence-electron chi connectivity index (χ4n) is 3.72. The average Bonchev–Trinajstić information content (AvgIpc) is 3.17. The van der Waals surface area contributed by atoms with Crippen molar-refractivity contribution in [2.45, 2.75) is 38.3 Å². The first-order valence-electron chi connectivity index (χ1n) is 9.25. The molecule has 3 rings (SSSR count). The van der Waals surface area contributed by atoms with Crippen LogP contribution in [-0.4, -0.2) is 43.7 Å². The second-order valence-electron chi connectivity index (χ2n) is 6.77. The van der Waals surface area contributed by atoms with Gasteiger partial charge in [0.25, 0.3) is 0 Å². The van der Waals surface area contributed by atoms with Crippen molar-refractivity contribution in [3.8, 4) is 0 Å². The molecule has 1 saturated carbocycles. The Bertz CT molecular complexity index is 690. The normalized spacial score (nSPS) is 14.9. The first-order chi connectivity index (χ1) is 12.3. The van der Waals surface area contributed by atoms with Gasteiger partial charge in [0.1, 0.15) is 0 Å². The van der Waals surface area contributed by atoms with Gasteiger partial charge in [-0.2, -0.15) is 0 Å². The number of hydrogen-bond acceptors (Lipinski definition) is 3. The van der Waals surface area contributed by atoms with Crippen LogP contribution in [0, 0.1) is 0 Å². The first-order valence-corrected chi connectivity index (χ1v) is 9.25. The van der Waals surface area contributed by atoms with Crippen LogP contribution in [0.5, 0.6) is 0 Å². The number of carbonyl (C=O) groups is 1. The molecule has 2 aromatic carbocycles. The highest BCUT2D eigenvalue weighted by atomic mass is 16.5. The number of ether oxygens (including phenoxy) is 1. The van der Waals surface area contributed by atoms with Crippen LogP contribution < -0.4 is 5.32 Å². The van der Waals surface area contributed by atoms with Crippen molar-refractivity contribution >= 4 is 16.7 Å². The van der Waals surface area contributed by atoms with Gasteiger partial charge in [-0.15, -0.1) is 0 Å². The predicted octanol–water partition coefficient (Wildman–Crippen LogP) is 3.35. The van der Waals surface area contributed by atoms with Gasteiger partial charge in [0.2, 0.25) is 5.91 Å². The van der Waals surface area contributed by atoms with Crippen LogP contribution in [0.1, 0.15) is 31.2 Å². The zero-order valence-corrected chi connectivity index (χ0v) is 15.0. The Kier molecular flexibility index (Phi) is 6.42. The van der Waals surface area contributed by atoms with Gasteiger partial charge in [0.15, 0.2) is 0 Å². The van der Waals surface area contributed by atoms with Crippen LogP contribution in [0.25, 0.3) is 10.8 Å². The summed E-state index contributed by atoms with van der Waals surface area (Å²) in [5.41, 5.74) is 1.23. The quantitative estimate of drug-likeness (QED) is 0.749. The minimum absolute atomic E-state index is 0.191. The lowest BCUT2D eigenvalue weighted by Crippen LogP contribution is -2.43. The SMILES string of the molecule is COCCNCC(=O)N(Cc1cccc2ccccc12)C1CCCC1. The maximum atomic E-state index is 12.9. The molecule has 134 valence electrons. The molecule has 0 aromatic heterocycles. The van der Waals surface area contributed by atoms with E-state index in [9.17, 15) is 4.79 Å². The molecule has 0 spiro atoms. The Morgan fingerprint density at radius 3 is 2.72 bits per heavy atom. The van der Waals surface area contributed by atoms with Crippen LogP contribution in [-0.2, 0) is 16.1 Å². The van der Waals surface area contributed by atoms with Crippen molar-refractivity contribution < 1.29 is 9.53 Å². The third-order valence-corrected chi connectivity index (χ3v) is 5.07. The Morgan fingerprint density at radius 1 is 1.16 bits per heavy atom. The first kappa shape index (κ1) is 17.9. The van der Waals surface area contributed by atoms with E-state index in [1.54, 1.807) is 7.11 Å². The molecule has 1 aliphatic rings. The van der Waals surface area contributed by atoms with Gasteiger partial charge >= 0.3 is 0 Å². The van der Waals surface area contributed by atoms with E-state index in [-0.39, 0.29) is 5.91 Å². The van der Waals surface area contributed by atoms with E-state index >= 15 is 0 Å². The van der Waals surface area contributed by atoms with Crippen molar-refractivity contribution in [3.05, 3.63) is 48.0 Å². The number of nitrogens with one attached hydrogen (secondary N) is 1. The van der Waals surface area contributed by atoms with Crippen molar-refractivity contribution in [1.29, 1.82) is 0 Å². The number of fused-ring (bicyclic) bond motifs is 1. The summed E-state index contributed by atoms with van der Waals surface area (Å²) in [6.45, 7) is 2.40. The molecule has 1 aliphatic carbocycles. The number of nitrogens with zero attached hydrogens (tertiary/aromatic N) is 1. The lowest BCUT2D eigenvalue weighted by molar-refractivity contribution is -0.133. The van der Waals surface area contributed by atoms with E-state index in [0.29, 0.717) is 32.3 Å². The number of hydrogen-bond donors (Lipinski definition) is 1. The number of methoxy groups -OCH3 is 1. The zero-order valence-electron chi connectivity index (χ0n) is 15.0. The topological polar surface area (TPSA) is 41.6 Å². The van der Waals surface area contributed by atoms with E-state index in [2.05, 4.69) is 52.7 Å². The van der Waals surface area contributed by atoms with Crippen molar-refractivity contribution in [1.82, 2.24) is 10.2 Å². The summed E-state index contributed by atoms with van der Waals surface area (Å²) < 4.78 is 5.04. The highest BCUT2D eigenvalue weighted by Gasteiger charge is 2.26. The Balaban J connectivity index is 1.76. The number of carbonyl (C=O) groups excluding carboxylic acids is 1. The molecule has 0 radical (unpaired) electrons. The van der Waals surface area contributed by atoms with Crippen molar-refractivity contribution in [3.63, 3.8) is 0 Å². The molecule has 1 fully saturated rings. The largest absolute Gasteiger partial charge is 0.383 e. The average molecular weight is 340 g/mol. The highest BCUT2D eigenvalue weighted by Crippen LogP contribution is 2.27. The summed E-state index contributed by atoms with van der Waals surface area (Å²) in [7, 11) is 1.68. The van der Waals surface area contributed by atoms with Crippen molar-refractivity contribution in [2.24, 2.45) is 0 Å². The smallest absolute Gasteiger partial charge is 0.237 e. The predicted molar refractivity (Wildman–Crippen MR) is 101 cm³/mol. The molecule has 0 aliphatic heterocycles. The van der Waals surface area contributed by atoms with Crippen LogP contribution in [0.15, 0.2) is 42.5 Å². The van der Waals surface area contributed by atoms with Gasteiger partial charge in [-0.1, -0.05) is 55.3 Å². The summed E-state index contributed by atoms with van der Waals surface area (Å²) in [5, 5.41) is 5.67. The summed E-state index contributed by atoms with van der Waals surface area (Å²) in [4.78, 5) is 14.9. The van der Waals surface area contributed by atoms with E-state index in [0.717, 1.165) is 12.8 Å². The summed E-state index contributed by atoms with van der Waals surface area (Å²) in [5.74, 6) is 0.191. The molecule has 25 heavy (non-hydrogen) atoms. The standard InChI is InChI=1S/C21H28N2O2/c1-25-14-13-22-15-21(24)23(19-10-3-4-11-19)16-18-9-6-8-17-7-2-5-12-20(17)18/h2,5-9,12,19,22H,3-4,10-11,13-16H2,1H3. The molecular formula is C21H28N2O2. The third kappa shape index (κ3) is 4.59. The highest BCUT2D eigenvalue weighted by molar-refractivity contribution is 5.86. The molecule has 0 saturated heterocycles. The molecule has 0 atom stereocenters. The maximum Gasteiger partial charge on any atom is 0.237 e. The lowest BCUT2D eigenvalue weighted by Gasteiger charge is -2.30. The van der Waals surface area contributed by atoms with Gasteiger partial charge in [0.05, 0.1) is 13.2 Å². The minimum atomic E-state index is 0.191. The van der Waals surface area contributed by atoms with Crippen LogP contribution in [0.2, 0.25) is 0 Å². The third-order valence-electron chi connectivity index (χ3n) is 5.07. The molecule has 4 heteroatoms. The maximum absolute atomic E-state index is 12.9. The van der Waals surface area contributed by atoms with Gasteiger partial charge in [-0.05, 0) is 29.2 Å². The van der Waals surface area contributed by atoms with E-state index in [1.165, 1.54) is 29.2 Å². The fraction of sp³-hybridized carbons (Fsp3) is 0.476. The molecule has 0 bridgehead atoms. The summed E-state index contributed by atoms with van der Waals surface area (Å²) >= 11 is 0. The Labute approximate surface area is 150 Å². The van der Waals surface area contributed by atoms with Gasteiger partial charge in [-0.3, -0.25) is 4.79 Å². The molecule has 2 aromatic rings. The summed E-state index contributed by atoms with van der Waals surface area (Å²) in [6, 6.07) is 15.2. The number of rotatable bonds is 8. The lowest BCUT2D eigenvalue weighted by atomic mass is 10.0. The number of amides is 1. The van der Waals surface area contributed by atoms with Gasteiger partial charge in [-0.25, -0.2) is 0 Å². The Hall–Kier alpha value is -1.91. The van der Waals surface area contributed by atoms with Crippen LogP contribution >= 0.6 is 0 Å². The second-order valence-corrected chi connectivity index (χ2v) is 6.77. The fourth-order valence-corrected chi connectivity index (χ4v) is 3.72. The van der Waals surface area contributed by atoms with Crippen LogP contribution in [0.4, 0.5) is 0 Å². The van der Waals surface area contributed by atoms with E-state index in [1.807, 2.05) is 0 Å². The van der Waals surface area contributed by atoms with E-state index in [4.69, 9.17) is 4.74 Å². The van der Waals surface area contributed by atoms with Crippen molar-refractivity contribution in [2.75, 3.05) is 26.8 Å². The second kappa shape index (κ2) is 8.97. The minimum Gasteiger partial charge on any atom is -0.383 e. The van der Waals surface area contributed by atoms with Crippen LogP contribution in [0.3, 0.4) is 0 Å². The zero-order chi connectivity index (χ0) is 17.5. The Morgan fingerprint density at radius 2 is 1.92 bits per heavy atom. The molecule has 0 heterocycles. The molecule has 1 amide bonds. The monoisotopic (exact) mass is 340 g/mol. The van der Waals surface area contributed by atoms with E-state index < -0.39 is 0 Å².